The van der Waals surface area contributed by atoms with Crippen LogP contribution >= 0.6 is 11.6 Å². The van der Waals surface area contributed by atoms with E-state index in [1.165, 1.54) is 0 Å². The molecule has 2 amide bonds. The highest BCUT2D eigenvalue weighted by molar-refractivity contribution is 6.30. The van der Waals surface area contributed by atoms with Gasteiger partial charge in [0.25, 0.3) is 0 Å². The van der Waals surface area contributed by atoms with E-state index in [1.807, 2.05) is 41.3 Å². The number of para-hydroxylation sites is 1. The van der Waals surface area contributed by atoms with E-state index in [0.29, 0.717) is 17.3 Å². The molecule has 154 valence electrons. The summed E-state index contributed by atoms with van der Waals surface area (Å²) in [6, 6.07) is 27.5. The second-order valence-electron chi connectivity index (χ2n) is 7.82. The fourth-order valence-corrected chi connectivity index (χ4v) is 4.48. The highest BCUT2D eigenvalue weighted by atomic mass is 35.5. The number of anilines is 1. The lowest BCUT2D eigenvalue weighted by atomic mass is 10.00. The van der Waals surface area contributed by atoms with E-state index in [9.17, 15) is 4.79 Å². The summed E-state index contributed by atoms with van der Waals surface area (Å²) in [5.41, 5.74) is 6.15. The van der Waals surface area contributed by atoms with Crippen LogP contribution in [0.3, 0.4) is 0 Å². The van der Waals surface area contributed by atoms with Gasteiger partial charge in [-0.3, -0.25) is 0 Å². The van der Waals surface area contributed by atoms with Gasteiger partial charge in [-0.15, -0.1) is 0 Å². The number of aromatic nitrogens is 1. The standard InChI is InChI=1S/C26H22ClN3O/c1-18-7-4-9-19(15-18)25-24-13-6-14-29(24)23-12-3-2-8-20(23)17-30(25)26(31)28-22-11-5-10-21(27)16-22/h2-16,25H,17H2,1H3,(H,28,31)/t25-/m1/s1. The van der Waals surface area contributed by atoms with Crippen LogP contribution in [0.1, 0.15) is 28.4 Å². The lowest BCUT2D eigenvalue weighted by molar-refractivity contribution is 0.194. The fourth-order valence-electron chi connectivity index (χ4n) is 4.29. The van der Waals surface area contributed by atoms with E-state index in [2.05, 4.69) is 59.4 Å². The Hall–Kier alpha value is -3.50. The minimum absolute atomic E-state index is 0.168. The molecule has 1 N–H and O–H groups in total. The summed E-state index contributed by atoms with van der Waals surface area (Å²) >= 11 is 6.13. The van der Waals surface area contributed by atoms with Crippen LogP contribution < -0.4 is 5.32 Å². The maximum atomic E-state index is 13.6. The number of carbonyl (C=O) groups excluding carboxylic acids is 1. The number of aryl methyl sites for hydroxylation is 1. The van der Waals surface area contributed by atoms with Crippen LogP contribution in [0.15, 0.2) is 91.1 Å². The largest absolute Gasteiger partial charge is 0.322 e. The lowest BCUT2D eigenvalue weighted by Gasteiger charge is -2.31. The molecule has 0 radical (unpaired) electrons. The molecule has 0 spiro atoms. The van der Waals surface area contributed by atoms with E-state index in [0.717, 1.165) is 28.1 Å². The van der Waals surface area contributed by atoms with Gasteiger partial charge in [-0.1, -0.05) is 65.7 Å². The summed E-state index contributed by atoms with van der Waals surface area (Å²) in [5, 5.41) is 3.63. The van der Waals surface area contributed by atoms with Gasteiger partial charge >= 0.3 is 6.03 Å². The first-order valence-electron chi connectivity index (χ1n) is 10.3. The summed E-state index contributed by atoms with van der Waals surface area (Å²) in [7, 11) is 0. The number of halogens is 1. The molecule has 3 aromatic carbocycles. The molecule has 1 aliphatic rings. The molecule has 0 fully saturated rings. The van der Waals surface area contributed by atoms with Crippen LogP contribution in [0, 0.1) is 6.92 Å². The monoisotopic (exact) mass is 427 g/mol. The molecular formula is C26H22ClN3O. The predicted octanol–water partition coefficient (Wildman–Crippen LogP) is 6.58. The van der Waals surface area contributed by atoms with Crippen molar-refractivity contribution >= 4 is 23.3 Å². The molecule has 4 nitrogen and oxygen atoms in total. The molecule has 1 atom stereocenters. The first kappa shape index (κ1) is 19.5. The molecule has 0 saturated carbocycles. The van der Waals surface area contributed by atoms with Crippen LogP contribution in [-0.4, -0.2) is 15.5 Å². The number of amides is 2. The number of hydrogen-bond donors (Lipinski definition) is 1. The third-order valence-electron chi connectivity index (χ3n) is 5.66. The first-order chi connectivity index (χ1) is 15.1. The Morgan fingerprint density at radius 1 is 0.968 bits per heavy atom. The van der Waals surface area contributed by atoms with Gasteiger partial charge in [0.2, 0.25) is 0 Å². The van der Waals surface area contributed by atoms with Crippen LogP contribution in [0.25, 0.3) is 5.69 Å². The number of rotatable bonds is 2. The van der Waals surface area contributed by atoms with Crippen molar-refractivity contribution in [3.8, 4) is 5.69 Å². The number of fused-ring (bicyclic) bond motifs is 3. The van der Waals surface area contributed by atoms with Crippen LogP contribution in [0.2, 0.25) is 5.02 Å². The van der Waals surface area contributed by atoms with Gasteiger partial charge in [0.05, 0.1) is 18.3 Å². The Labute approximate surface area is 186 Å². The summed E-state index contributed by atoms with van der Waals surface area (Å²) in [4.78, 5) is 15.5. The molecule has 1 aromatic heterocycles. The normalized spacial score (nSPS) is 15.0. The molecule has 1 aliphatic heterocycles. The number of carbonyl (C=O) groups is 1. The smallest absolute Gasteiger partial charge is 0.318 e. The predicted molar refractivity (Wildman–Crippen MR) is 125 cm³/mol. The molecule has 0 unspecified atom stereocenters. The van der Waals surface area contributed by atoms with Gasteiger partial charge < -0.3 is 14.8 Å². The van der Waals surface area contributed by atoms with E-state index >= 15 is 0 Å². The van der Waals surface area contributed by atoms with Crippen molar-refractivity contribution in [1.29, 1.82) is 0 Å². The van der Waals surface area contributed by atoms with Crippen molar-refractivity contribution < 1.29 is 4.79 Å². The number of nitrogens with zero attached hydrogens (tertiary/aromatic N) is 2. The SMILES string of the molecule is Cc1cccc([C@@H]2c3cccn3-c3ccccc3CN2C(=O)Nc2cccc(Cl)c2)c1. The van der Waals surface area contributed by atoms with Crippen molar-refractivity contribution in [1.82, 2.24) is 9.47 Å². The van der Waals surface area contributed by atoms with Crippen LogP contribution in [0.4, 0.5) is 10.5 Å². The number of hydrogen-bond acceptors (Lipinski definition) is 1. The molecule has 4 aromatic rings. The number of urea groups is 1. The number of nitrogens with one attached hydrogen (secondary N) is 1. The van der Waals surface area contributed by atoms with Gasteiger partial charge in [-0.05, 0) is 54.4 Å². The topological polar surface area (TPSA) is 37.3 Å². The van der Waals surface area contributed by atoms with E-state index in [4.69, 9.17) is 11.6 Å². The zero-order valence-electron chi connectivity index (χ0n) is 17.1. The van der Waals surface area contributed by atoms with Gasteiger partial charge in [0, 0.05) is 22.6 Å². The van der Waals surface area contributed by atoms with Crippen molar-refractivity contribution in [3.63, 3.8) is 0 Å². The first-order valence-corrected chi connectivity index (χ1v) is 10.6. The molecule has 5 heteroatoms. The molecule has 5 rings (SSSR count). The van der Waals surface area contributed by atoms with E-state index in [1.54, 1.807) is 12.1 Å². The third kappa shape index (κ3) is 3.71. The Balaban J connectivity index is 1.64. The highest BCUT2D eigenvalue weighted by Crippen LogP contribution is 2.37. The molecule has 2 heterocycles. The maximum Gasteiger partial charge on any atom is 0.322 e. The highest BCUT2D eigenvalue weighted by Gasteiger charge is 2.33. The molecular weight excluding hydrogens is 406 g/mol. The Morgan fingerprint density at radius 3 is 2.65 bits per heavy atom. The molecule has 31 heavy (non-hydrogen) atoms. The lowest BCUT2D eigenvalue weighted by Crippen LogP contribution is -2.37. The summed E-state index contributed by atoms with van der Waals surface area (Å²) in [6.45, 7) is 2.56. The van der Waals surface area contributed by atoms with E-state index in [-0.39, 0.29) is 12.1 Å². The fraction of sp³-hybridized carbons (Fsp3) is 0.115. The maximum absolute atomic E-state index is 13.6. The Kier molecular flexibility index (Phi) is 5.00. The van der Waals surface area contributed by atoms with Crippen LogP contribution in [0.5, 0.6) is 0 Å². The summed E-state index contributed by atoms with van der Waals surface area (Å²) in [6.07, 6.45) is 2.06. The van der Waals surface area contributed by atoms with E-state index < -0.39 is 0 Å². The zero-order chi connectivity index (χ0) is 21.4. The van der Waals surface area contributed by atoms with Crippen molar-refractivity contribution in [2.24, 2.45) is 0 Å². The minimum atomic E-state index is -0.235. The minimum Gasteiger partial charge on any atom is -0.318 e. The Bertz CT molecular complexity index is 1260. The van der Waals surface area contributed by atoms with Gasteiger partial charge in [-0.2, -0.15) is 0 Å². The second kappa shape index (κ2) is 7.97. The number of benzene rings is 3. The summed E-state index contributed by atoms with van der Waals surface area (Å²) < 4.78 is 2.19. The average Bonchev–Trinajstić information content (AvgIpc) is 3.18. The van der Waals surface area contributed by atoms with Crippen molar-refractivity contribution in [2.75, 3.05) is 5.32 Å². The zero-order valence-corrected chi connectivity index (χ0v) is 17.9. The van der Waals surface area contributed by atoms with Crippen molar-refractivity contribution in [2.45, 2.75) is 19.5 Å². The quantitative estimate of drug-likeness (QED) is 0.385. The molecule has 0 saturated heterocycles. The average molecular weight is 428 g/mol. The van der Waals surface area contributed by atoms with Crippen molar-refractivity contribution in [3.05, 3.63) is 119 Å². The Morgan fingerprint density at radius 2 is 1.81 bits per heavy atom. The van der Waals surface area contributed by atoms with Gasteiger partial charge in [-0.25, -0.2) is 4.79 Å². The third-order valence-corrected chi connectivity index (χ3v) is 5.89. The van der Waals surface area contributed by atoms with Crippen LogP contribution in [-0.2, 0) is 6.54 Å². The van der Waals surface area contributed by atoms with Gasteiger partial charge in [0.15, 0.2) is 0 Å². The molecule has 0 bridgehead atoms. The molecule has 0 aliphatic carbocycles. The second-order valence-corrected chi connectivity index (χ2v) is 8.25. The van der Waals surface area contributed by atoms with Gasteiger partial charge in [0.1, 0.15) is 0 Å². The summed E-state index contributed by atoms with van der Waals surface area (Å²) in [5.74, 6) is 0.